The fourth-order valence-electron chi connectivity index (χ4n) is 1.32. The van der Waals surface area contributed by atoms with Crippen LogP contribution in [0.5, 0.6) is 0 Å². The van der Waals surface area contributed by atoms with Gasteiger partial charge in [0.25, 0.3) is 0 Å². The van der Waals surface area contributed by atoms with Crippen molar-refractivity contribution < 1.29 is 0 Å². The Balaban J connectivity index is 2.67. The predicted octanol–water partition coefficient (Wildman–Crippen LogP) is 2.99. The second kappa shape index (κ2) is 4.85. The second-order valence-corrected chi connectivity index (χ2v) is 3.33. The van der Waals surface area contributed by atoms with Crippen molar-refractivity contribution in [3.8, 4) is 0 Å². The van der Waals surface area contributed by atoms with Gasteiger partial charge < -0.3 is 5.32 Å². The number of nitrogens with one attached hydrogen (secondary N) is 1. The lowest BCUT2D eigenvalue weighted by atomic mass is 10.1. The standard InChI is InChI=1S/C11H18N2/c1-4-10(5-2)13-11-9(3)7-6-8-12-11/h6-8,10H,4-5H2,1-3H3,(H,12,13). The van der Waals surface area contributed by atoms with Crippen LogP contribution in [0.15, 0.2) is 18.3 Å². The molecule has 0 atom stereocenters. The van der Waals surface area contributed by atoms with Crippen LogP contribution in [0.3, 0.4) is 0 Å². The average Bonchev–Trinajstić information content (AvgIpc) is 2.17. The van der Waals surface area contributed by atoms with E-state index in [1.165, 1.54) is 5.56 Å². The molecule has 1 N–H and O–H groups in total. The maximum atomic E-state index is 4.30. The van der Waals surface area contributed by atoms with Crippen molar-refractivity contribution in [1.82, 2.24) is 4.98 Å². The second-order valence-electron chi connectivity index (χ2n) is 3.33. The fourth-order valence-corrected chi connectivity index (χ4v) is 1.32. The van der Waals surface area contributed by atoms with Crippen molar-refractivity contribution in [1.29, 1.82) is 0 Å². The van der Waals surface area contributed by atoms with Crippen molar-refractivity contribution >= 4 is 5.82 Å². The van der Waals surface area contributed by atoms with Crippen LogP contribution in [0, 0.1) is 6.92 Å². The van der Waals surface area contributed by atoms with E-state index in [4.69, 9.17) is 0 Å². The topological polar surface area (TPSA) is 24.9 Å². The summed E-state index contributed by atoms with van der Waals surface area (Å²) >= 11 is 0. The summed E-state index contributed by atoms with van der Waals surface area (Å²) < 4.78 is 0. The van der Waals surface area contributed by atoms with E-state index in [0.29, 0.717) is 6.04 Å². The van der Waals surface area contributed by atoms with Crippen LogP contribution in [-0.4, -0.2) is 11.0 Å². The van der Waals surface area contributed by atoms with Gasteiger partial charge in [0.05, 0.1) is 0 Å². The van der Waals surface area contributed by atoms with Crippen LogP contribution in [-0.2, 0) is 0 Å². The molecule has 0 unspecified atom stereocenters. The van der Waals surface area contributed by atoms with E-state index in [9.17, 15) is 0 Å². The molecule has 0 radical (unpaired) electrons. The summed E-state index contributed by atoms with van der Waals surface area (Å²) in [7, 11) is 0. The van der Waals surface area contributed by atoms with Gasteiger partial charge in [-0.05, 0) is 31.4 Å². The van der Waals surface area contributed by atoms with E-state index < -0.39 is 0 Å². The van der Waals surface area contributed by atoms with Gasteiger partial charge in [-0.1, -0.05) is 19.9 Å². The third-order valence-corrected chi connectivity index (χ3v) is 2.34. The lowest BCUT2D eigenvalue weighted by Crippen LogP contribution is -2.18. The predicted molar refractivity (Wildman–Crippen MR) is 57.0 cm³/mol. The van der Waals surface area contributed by atoms with Gasteiger partial charge in [-0.15, -0.1) is 0 Å². The smallest absolute Gasteiger partial charge is 0.129 e. The minimum atomic E-state index is 0.550. The molecule has 0 saturated heterocycles. The molecule has 1 rings (SSSR count). The molecule has 0 aliphatic carbocycles. The molecular weight excluding hydrogens is 160 g/mol. The molecule has 1 heterocycles. The molecule has 0 bridgehead atoms. The zero-order valence-electron chi connectivity index (χ0n) is 8.67. The summed E-state index contributed by atoms with van der Waals surface area (Å²) in [6.07, 6.45) is 4.12. The summed E-state index contributed by atoms with van der Waals surface area (Å²) in [5, 5.41) is 3.44. The molecule has 2 heteroatoms. The van der Waals surface area contributed by atoms with Gasteiger partial charge in [-0.2, -0.15) is 0 Å². The number of pyridine rings is 1. The maximum Gasteiger partial charge on any atom is 0.129 e. The molecule has 0 aliphatic heterocycles. The van der Waals surface area contributed by atoms with Crippen LogP contribution in [0.2, 0.25) is 0 Å². The van der Waals surface area contributed by atoms with Crippen LogP contribution in [0.1, 0.15) is 32.3 Å². The van der Waals surface area contributed by atoms with E-state index in [1.807, 2.05) is 12.3 Å². The van der Waals surface area contributed by atoms with E-state index >= 15 is 0 Å². The minimum absolute atomic E-state index is 0.550. The van der Waals surface area contributed by atoms with E-state index in [1.54, 1.807) is 0 Å². The van der Waals surface area contributed by atoms with Gasteiger partial charge in [0, 0.05) is 12.2 Å². The fraction of sp³-hybridized carbons (Fsp3) is 0.545. The number of nitrogens with zero attached hydrogens (tertiary/aromatic N) is 1. The number of hydrogen-bond donors (Lipinski definition) is 1. The first kappa shape index (κ1) is 10.0. The maximum absolute atomic E-state index is 4.30. The number of aromatic nitrogens is 1. The first-order valence-electron chi connectivity index (χ1n) is 4.96. The Bertz CT molecular complexity index is 254. The third-order valence-electron chi connectivity index (χ3n) is 2.34. The summed E-state index contributed by atoms with van der Waals surface area (Å²) in [6, 6.07) is 4.60. The van der Waals surface area contributed by atoms with Gasteiger partial charge in [0.1, 0.15) is 5.82 Å². The van der Waals surface area contributed by atoms with Crippen molar-refractivity contribution in [3.05, 3.63) is 23.9 Å². The summed E-state index contributed by atoms with van der Waals surface area (Å²) in [5.74, 6) is 1.02. The van der Waals surface area contributed by atoms with Gasteiger partial charge >= 0.3 is 0 Å². The third kappa shape index (κ3) is 2.72. The first-order valence-corrected chi connectivity index (χ1v) is 4.96. The molecule has 0 aliphatic rings. The quantitative estimate of drug-likeness (QED) is 0.766. The summed E-state index contributed by atoms with van der Waals surface area (Å²) in [5.41, 5.74) is 1.22. The Morgan fingerprint density at radius 2 is 2.08 bits per heavy atom. The number of rotatable bonds is 4. The SMILES string of the molecule is CCC(CC)Nc1ncccc1C. The van der Waals surface area contributed by atoms with Gasteiger partial charge in [-0.3, -0.25) is 0 Å². The van der Waals surface area contributed by atoms with Crippen molar-refractivity contribution in [2.24, 2.45) is 0 Å². The lowest BCUT2D eigenvalue weighted by molar-refractivity contribution is 0.668. The zero-order valence-corrected chi connectivity index (χ0v) is 8.67. The van der Waals surface area contributed by atoms with Crippen LogP contribution in [0.4, 0.5) is 5.82 Å². The van der Waals surface area contributed by atoms with Crippen LogP contribution < -0.4 is 5.32 Å². The van der Waals surface area contributed by atoms with Crippen molar-refractivity contribution in [3.63, 3.8) is 0 Å². The van der Waals surface area contributed by atoms with Crippen molar-refractivity contribution in [2.45, 2.75) is 39.7 Å². The highest BCUT2D eigenvalue weighted by molar-refractivity contribution is 5.43. The molecule has 72 valence electrons. The Morgan fingerprint density at radius 3 is 2.62 bits per heavy atom. The molecule has 1 aromatic heterocycles. The molecule has 0 aromatic carbocycles. The van der Waals surface area contributed by atoms with Gasteiger partial charge in [0.15, 0.2) is 0 Å². The number of aryl methyl sites for hydroxylation is 1. The highest BCUT2D eigenvalue weighted by atomic mass is 15.0. The Hall–Kier alpha value is -1.05. The molecule has 0 saturated carbocycles. The Labute approximate surface area is 80.4 Å². The Morgan fingerprint density at radius 1 is 1.38 bits per heavy atom. The van der Waals surface area contributed by atoms with Crippen molar-refractivity contribution in [2.75, 3.05) is 5.32 Å². The molecular formula is C11H18N2. The van der Waals surface area contributed by atoms with E-state index in [2.05, 4.69) is 37.1 Å². The summed E-state index contributed by atoms with van der Waals surface area (Å²) in [4.78, 5) is 4.30. The summed E-state index contributed by atoms with van der Waals surface area (Å²) in [6.45, 7) is 6.47. The minimum Gasteiger partial charge on any atom is -0.367 e. The van der Waals surface area contributed by atoms with Crippen LogP contribution in [0.25, 0.3) is 0 Å². The Kier molecular flexibility index (Phi) is 3.74. The molecule has 0 spiro atoms. The average molecular weight is 178 g/mol. The zero-order chi connectivity index (χ0) is 9.68. The van der Waals surface area contributed by atoms with Gasteiger partial charge in [0.2, 0.25) is 0 Å². The highest BCUT2D eigenvalue weighted by Crippen LogP contribution is 2.12. The molecule has 2 nitrogen and oxygen atoms in total. The molecule has 0 amide bonds. The van der Waals surface area contributed by atoms with E-state index in [-0.39, 0.29) is 0 Å². The lowest BCUT2D eigenvalue weighted by Gasteiger charge is -2.16. The molecule has 0 fully saturated rings. The normalized spacial score (nSPS) is 10.5. The van der Waals surface area contributed by atoms with Gasteiger partial charge in [-0.25, -0.2) is 4.98 Å². The number of hydrogen-bond acceptors (Lipinski definition) is 2. The monoisotopic (exact) mass is 178 g/mol. The van der Waals surface area contributed by atoms with Crippen LogP contribution >= 0.6 is 0 Å². The highest BCUT2D eigenvalue weighted by Gasteiger charge is 2.04. The number of anilines is 1. The largest absolute Gasteiger partial charge is 0.367 e. The molecule has 1 aromatic rings. The van der Waals surface area contributed by atoms with E-state index in [0.717, 1.165) is 18.7 Å². The molecule has 13 heavy (non-hydrogen) atoms. The first-order chi connectivity index (χ1) is 6.27.